The molecule has 0 aliphatic heterocycles. The number of nitrogens with one attached hydrogen (secondary N) is 1. The normalized spacial score (nSPS) is 13.8. The van der Waals surface area contributed by atoms with E-state index in [9.17, 15) is 13.2 Å². The predicted octanol–water partition coefficient (Wildman–Crippen LogP) is 2.78. The summed E-state index contributed by atoms with van der Waals surface area (Å²) >= 11 is 0. The molecule has 2 aromatic carbocycles. The van der Waals surface area contributed by atoms with Gasteiger partial charge in [-0.2, -0.15) is 13.2 Å². The van der Waals surface area contributed by atoms with E-state index < -0.39 is 12.2 Å². The summed E-state index contributed by atoms with van der Waals surface area (Å²) in [6, 6.07) is 10.9. The smallest absolute Gasteiger partial charge is 0.271 e. The number of hydrazine groups is 1. The van der Waals surface area contributed by atoms with Crippen LogP contribution in [0.3, 0.4) is 0 Å². The summed E-state index contributed by atoms with van der Waals surface area (Å²) in [6.45, 7) is 0. The summed E-state index contributed by atoms with van der Waals surface area (Å²) in [7, 11) is 0. The Balaban J connectivity index is 2.37. The van der Waals surface area contributed by atoms with Gasteiger partial charge in [0.15, 0.2) is 0 Å². The number of fused-ring (bicyclic) bond motifs is 1. The average Bonchev–Trinajstić information content (AvgIpc) is 2.34. The molecule has 0 radical (unpaired) electrons. The minimum atomic E-state index is -4.36. The number of hydrogen-bond donors (Lipinski definition) is 2. The summed E-state index contributed by atoms with van der Waals surface area (Å²) in [5.41, 5.74) is 2.46. The molecule has 0 saturated carbocycles. The lowest BCUT2D eigenvalue weighted by molar-refractivity contribution is -0.155. The van der Waals surface area contributed by atoms with Crippen LogP contribution in [0.2, 0.25) is 0 Å². The average molecular weight is 254 g/mol. The van der Waals surface area contributed by atoms with Gasteiger partial charge in [0.05, 0.1) is 0 Å². The van der Waals surface area contributed by atoms with Crippen LogP contribution in [0, 0.1) is 0 Å². The number of hydrogen-bond acceptors (Lipinski definition) is 2. The molecule has 2 rings (SSSR count). The van der Waals surface area contributed by atoms with Gasteiger partial charge in [-0.15, -0.1) is 0 Å². The van der Waals surface area contributed by atoms with Crippen LogP contribution in [-0.4, -0.2) is 12.2 Å². The monoisotopic (exact) mass is 254 g/mol. The molecule has 0 amide bonds. The zero-order valence-corrected chi connectivity index (χ0v) is 9.54. The van der Waals surface area contributed by atoms with Crippen molar-refractivity contribution in [1.82, 2.24) is 5.43 Å². The molecule has 0 heterocycles. The standard InChI is InChI=1S/C13H13F3N2/c14-13(15,16)12(18-17)8-10-6-3-5-9-4-1-2-7-11(9)10/h1-7,12,18H,8,17H2. The van der Waals surface area contributed by atoms with Crippen molar-refractivity contribution in [3.05, 3.63) is 48.0 Å². The number of rotatable bonds is 3. The molecule has 2 aromatic rings. The summed E-state index contributed by atoms with van der Waals surface area (Å²) in [5, 5.41) is 1.75. The molecule has 3 N–H and O–H groups in total. The Labute approximate surface area is 103 Å². The maximum atomic E-state index is 12.7. The lowest BCUT2D eigenvalue weighted by Crippen LogP contribution is -2.47. The highest BCUT2D eigenvalue weighted by Crippen LogP contribution is 2.26. The van der Waals surface area contributed by atoms with Crippen molar-refractivity contribution in [2.45, 2.75) is 18.6 Å². The van der Waals surface area contributed by atoms with Crippen LogP contribution in [0.25, 0.3) is 10.8 Å². The zero-order valence-electron chi connectivity index (χ0n) is 9.54. The van der Waals surface area contributed by atoms with Crippen molar-refractivity contribution < 1.29 is 13.2 Å². The molecule has 0 bridgehead atoms. The Morgan fingerprint density at radius 1 is 1.06 bits per heavy atom. The van der Waals surface area contributed by atoms with Crippen LogP contribution in [-0.2, 0) is 6.42 Å². The number of benzene rings is 2. The minimum absolute atomic E-state index is 0.179. The van der Waals surface area contributed by atoms with Crippen LogP contribution >= 0.6 is 0 Å². The molecule has 1 atom stereocenters. The van der Waals surface area contributed by atoms with E-state index in [0.717, 1.165) is 10.8 Å². The maximum Gasteiger partial charge on any atom is 0.405 e. The van der Waals surface area contributed by atoms with Crippen molar-refractivity contribution in [3.63, 3.8) is 0 Å². The third-order valence-electron chi connectivity index (χ3n) is 2.90. The van der Waals surface area contributed by atoms with Crippen molar-refractivity contribution in [2.75, 3.05) is 0 Å². The lowest BCUT2D eigenvalue weighted by Gasteiger charge is -2.20. The summed E-state index contributed by atoms with van der Waals surface area (Å²) in [6.07, 6.45) is -4.53. The van der Waals surface area contributed by atoms with E-state index in [1.54, 1.807) is 12.1 Å². The first-order valence-corrected chi connectivity index (χ1v) is 5.52. The SMILES string of the molecule is NNC(Cc1cccc2ccccc12)C(F)(F)F. The van der Waals surface area contributed by atoms with Crippen LogP contribution < -0.4 is 11.3 Å². The maximum absolute atomic E-state index is 12.7. The Hall–Kier alpha value is -1.59. The highest BCUT2D eigenvalue weighted by atomic mass is 19.4. The quantitative estimate of drug-likeness (QED) is 0.653. The number of nitrogens with two attached hydrogens (primary N) is 1. The van der Waals surface area contributed by atoms with Gasteiger partial charge in [0.2, 0.25) is 0 Å². The second-order valence-corrected chi connectivity index (χ2v) is 4.10. The predicted molar refractivity (Wildman–Crippen MR) is 64.8 cm³/mol. The van der Waals surface area contributed by atoms with E-state index in [1.165, 1.54) is 0 Å². The minimum Gasteiger partial charge on any atom is -0.271 e. The van der Waals surface area contributed by atoms with Crippen molar-refractivity contribution in [1.29, 1.82) is 0 Å². The largest absolute Gasteiger partial charge is 0.405 e. The van der Waals surface area contributed by atoms with E-state index >= 15 is 0 Å². The second kappa shape index (κ2) is 4.96. The molecule has 1 unspecified atom stereocenters. The molecule has 96 valence electrons. The van der Waals surface area contributed by atoms with Gasteiger partial charge in [0, 0.05) is 0 Å². The van der Waals surface area contributed by atoms with Crippen LogP contribution in [0.15, 0.2) is 42.5 Å². The Kier molecular flexibility index (Phi) is 3.54. The highest BCUT2D eigenvalue weighted by molar-refractivity contribution is 5.85. The molecule has 18 heavy (non-hydrogen) atoms. The van der Waals surface area contributed by atoms with Crippen LogP contribution in [0.1, 0.15) is 5.56 Å². The molecule has 0 spiro atoms. The fraction of sp³-hybridized carbons (Fsp3) is 0.231. The first-order chi connectivity index (χ1) is 8.52. The van der Waals surface area contributed by atoms with Crippen LogP contribution in [0.4, 0.5) is 13.2 Å². The summed E-state index contributed by atoms with van der Waals surface area (Å²) in [5.74, 6) is 4.98. The number of halogens is 3. The third kappa shape index (κ3) is 2.63. The van der Waals surface area contributed by atoms with E-state index in [2.05, 4.69) is 0 Å². The summed E-state index contributed by atoms with van der Waals surface area (Å²) < 4.78 is 38.0. The summed E-state index contributed by atoms with van der Waals surface area (Å²) in [4.78, 5) is 0. The van der Waals surface area contributed by atoms with Gasteiger partial charge in [-0.1, -0.05) is 42.5 Å². The second-order valence-electron chi connectivity index (χ2n) is 4.10. The lowest BCUT2D eigenvalue weighted by atomic mass is 9.99. The molecule has 5 heteroatoms. The number of alkyl halides is 3. The van der Waals surface area contributed by atoms with Crippen LogP contribution in [0.5, 0.6) is 0 Å². The molecule has 2 nitrogen and oxygen atoms in total. The van der Waals surface area contributed by atoms with Gasteiger partial charge in [0.1, 0.15) is 6.04 Å². The van der Waals surface area contributed by atoms with Gasteiger partial charge in [-0.25, -0.2) is 5.43 Å². The van der Waals surface area contributed by atoms with Gasteiger partial charge >= 0.3 is 6.18 Å². The molecule has 0 aromatic heterocycles. The van der Waals surface area contributed by atoms with E-state index in [4.69, 9.17) is 5.84 Å². The van der Waals surface area contributed by atoms with Gasteiger partial charge in [-0.05, 0) is 22.8 Å². The fourth-order valence-electron chi connectivity index (χ4n) is 1.96. The Morgan fingerprint density at radius 3 is 2.39 bits per heavy atom. The van der Waals surface area contributed by atoms with Crippen molar-refractivity contribution >= 4 is 10.8 Å². The van der Waals surface area contributed by atoms with Gasteiger partial charge in [0.25, 0.3) is 0 Å². The highest BCUT2D eigenvalue weighted by Gasteiger charge is 2.38. The molecule has 0 fully saturated rings. The molecule has 0 aliphatic carbocycles. The van der Waals surface area contributed by atoms with Crippen molar-refractivity contribution in [3.8, 4) is 0 Å². The first-order valence-electron chi connectivity index (χ1n) is 5.52. The topological polar surface area (TPSA) is 38.0 Å². The Bertz CT molecular complexity index is 532. The molecular formula is C13H13F3N2. The van der Waals surface area contributed by atoms with E-state index in [0.29, 0.717) is 5.56 Å². The van der Waals surface area contributed by atoms with Gasteiger partial charge in [-0.3, -0.25) is 5.84 Å². The van der Waals surface area contributed by atoms with Gasteiger partial charge < -0.3 is 0 Å². The van der Waals surface area contributed by atoms with E-state index in [-0.39, 0.29) is 6.42 Å². The Morgan fingerprint density at radius 2 is 1.72 bits per heavy atom. The molecular weight excluding hydrogens is 241 g/mol. The van der Waals surface area contributed by atoms with E-state index in [1.807, 2.05) is 35.8 Å². The van der Waals surface area contributed by atoms with Crippen molar-refractivity contribution in [2.24, 2.45) is 5.84 Å². The zero-order chi connectivity index (χ0) is 13.2. The third-order valence-corrected chi connectivity index (χ3v) is 2.90. The molecule has 0 aliphatic rings. The fourth-order valence-corrected chi connectivity index (χ4v) is 1.96. The molecule has 0 saturated heterocycles. The first kappa shape index (κ1) is 12.9.